The van der Waals surface area contributed by atoms with Crippen molar-refractivity contribution in [3.05, 3.63) is 68.4 Å². The first-order chi connectivity index (χ1) is 12.4. The van der Waals surface area contributed by atoms with Crippen LogP contribution < -0.4 is 0 Å². The van der Waals surface area contributed by atoms with E-state index < -0.39 is 0 Å². The van der Waals surface area contributed by atoms with E-state index in [9.17, 15) is 0 Å². The second-order valence-corrected chi connectivity index (χ2v) is 8.40. The zero-order valence-electron chi connectivity index (χ0n) is 20.3. The summed E-state index contributed by atoms with van der Waals surface area (Å²) in [5, 5.41) is 0. The van der Waals surface area contributed by atoms with Crippen molar-refractivity contribution in [2.75, 3.05) is 0 Å². The molecule has 0 aromatic heterocycles. The third-order valence-electron chi connectivity index (χ3n) is 6.71. The molecule has 0 saturated heterocycles. The Bertz CT molecular complexity index is 657. The normalized spacial score (nSPS) is 26.1. The van der Waals surface area contributed by atoms with Crippen LogP contribution in [0.3, 0.4) is 0 Å². The van der Waals surface area contributed by atoms with Crippen LogP contribution in [0.15, 0.2) is 50.2 Å². The molecule has 0 saturated carbocycles. The average molecular weight is 503 g/mol. The predicted octanol–water partition coefficient (Wildman–Crippen LogP) is 8.17. The maximum Gasteiger partial charge on any atom is 3.00 e. The van der Waals surface area contributed by atoms with Crippen LogP contribution >= 0.6 is 0 Å². The monoisotopic (exact) mass is 502 g/mol. The van der Waals surface area contributed by atoms with Crippen molar-refractivity contribution in [1.29, 1.82) is 0 Å². The molecule has 0 fully saturated rings. The summed E-state index contributed by atoms with van der Waals surface area (Å²) >= 11 is 0. The summed E-state index contributed by atoms with van der Waals surface area (Å²) in [5.41, 5.74) is 12.7. The van der Waals surface area contributed by atoms with Gasteiger partial charge in [0.2, 0.25) is 0 Å². The summed E-state index contributed by atoms with van der Waals surface area (Å²) in [6.45, 7) is 26.0. The first-order valence-corrected chi connectivity index (χ1v) is 10.2. The van der Waals surface area contributed by atoms with Crippen molar-refractivity contribution in [2.45, 2.75) is 83.1 Å². The molecule has 0 spiro atoms. The van der Waals surface area contributed by atoms with Crippen molar-refractivity contribution in [3.8, 4) is 0 Å². The van der Waals surface area contributed by atoms with E-state index in [1.54, 1.807) is 0 Å². The third-order valence-corrected chi connectivity index (χ3v) is 6.71. The summed E-state index contributed by atoms with van der Waals surface area (Å²) in [6.07, 6.45) is 10.1. The maximum atomic E-state index is 3.36. The van der Waals surface area contributed by atoms with E-state index in [2.05, 4.69) is 101 Å². The zero-order valence-corrected chi connectivity index (χ0v) is 23.9. The minimum absolute atomic E-state index is 0. The Labute approximate surface area is 203 Å². The van der Waals surface area contributed by atoms with Crippen LogP contribution in [0, 0.1) is 71.6 Å². The average Bonchev–Trinajstić information content (AvgIpc) is 3.07. The molecule has 0 amide bonds. The SMILES string of the molecule is CC1=[C-]C(C)C(C)=C1C.CC1=[C-]C(C)C(C)=C1C.CC1=[C-]C(C)C(C)=C1C.[La+3]. The molecular formula is C27H39La. The molecule has 150 valence electrons. The molecule has 0 aromatic rings. The topological polar surface area (TPSA) is 0 Å². The molecule has 3 rings (SSSR count). The van der Waals surface area contributed by atoms with Crippen molar-refractivity contribution in [3.63, 3.8) is 0 Å². The van der Waals surface area contributed by atoms with Gasteiger partial charge in [-0.25, -0.2) is 16.7 Å². The largest absolute Gasteiger partial charge is 3.00 e. The minimum Gasteiger partial charge on any atom is -0.266 e. The van der Waals surface area contributed by atoms with Gasteiger partial charge in [-0.05, 0) is 0 Å². The molecule has 0 nitrogen and oxygen atoms in total. The summed E-state index contributed by atoms with van der Waals surface area (Å²) in [6, 6.07) is 0. The molecule has 3 aliphatic carbocycles. The predicted molar refractivity (Wildman–Crippen MR) is 120 cm³/mol. The summed E-state index contributed by atoms with van der Waals surface area (Å²) in [4.78, 5) is 0. The van der Waals surface area contributed by atoms with Gasteiger partial charge in [0.15, 0.2) is 0 Å². The van der Waals surface area contributed by atoms with Crippen LogP contribution in [0.25, 0.3) is 0 Å². The van der Waals surface area contributed by atoms with Gasteiger partial charge in [-0.2, -0.15) is 33.4 Å². The number of allylic oxidation sites excluding steroid dienone is 12. The van der Waals surface area contributed by atoms with Crippen LogP contribution in [-0.2, 0) is 0 Å². The summed E-state index contributed by atoms with van der Waals surface area (Å²) in [7, 11) is 0. The van der Waals surface area contributed by atoms with Crippen molar-refractivity contribution in [1.82, 2.24) is 0 Å². The molecule has 0 aromatic carbocycles. The molecule has 0 heterocycles. The van der Waals surface area contributed by atoms with Crippen molar-refractivity contribution >= 4 is 0 Å². The van der Waals surface area contributed by atoms with Gasteiger partial charge in [0.1, 0.15) is 0 Å². The van der Waals surface area contributed by atoms with E-state index in [-0.39, 0.29) is 35.6 Å². The number of hydrogen-bond donors (Lipinski definition) is 0. The van der Waals surface area contributed by atoms with E-state index in [0.717, 1.165) is 0 Å². The molecule has 0 N–H and O–H groups in total. The van der Waals surface area contributed by atoms with Crippen LogP contribution in [0.4, 0.5) is 0 Å². The Morgan fingerprint density at radius 3 is 0.643 bits per heavy atom. The van der Waals surface area contributed by atoms with Crippen molar-refractivity contribution < 1.29 is 35.6 Å². The fourth-order valence-corrected chi connectivity index (χ4v) is 3.49. The van der Waals surface area contributed by atoms with Gasteiger partial charge >= 0.3 is 35.6 Å². The zero-order chi connectivity index (χ0) is 21.0. The Morgan fingerprint density at radius 2 is 0.607 bits per heavy atom. The number of rotatable bonds is 0. The number of hydrogen-bond acceptors (Lipinski definition) is 0. The fraction of sp³-hybridized carbons (Fsp3) is 0.556. The maximum absolute atomic E-state index is 3.36. The Kier molecular flexibility index (Phi) is 11.6. The molecule has 0 radical (unpaired) electrons. The van der Waals surface area contributed by atoms with Crippen LogP contribution in [0.2, 0.25) is 0 Å². The Balaban J connectivity index is 0.000000384. The molecule has 0 aliphatic heterocycles. The first kappa shape index (κ1) is 27.6. The summed E-state index contributed by atoms with van der Waals surface area (Å²) < 4.78 is 0. The molecular weight excluding hydrogens is 463 g/mol. The Hall–Kier alpha value is -0.365. The molecule has 0 bridgehead atoms. The smallest absolute Gasteiger partial charge is 0.266 e. The fourth-order valence-electron chi connectivity index (χ4n) is 3.49. The van der Waals surface area contributed by atoms with E-state index in [0.29, 0.717) is 17.8 Å². The molecule has 28 heavy (non-hydrogen) atoms. The van der Waals surface area contributed by atoms with E-state index >= 15 is 0 Å². The van der Waals surface area contributed by atoms with Crippen LogP contribution in [-0.4, -0.2) is 0 Å². The molecule has 3 aliphatic rings. The van der Waals surface area contributed by atoms with Gasteiger partial charge in [0.25, 0.3) is 0 Å². The second kappa shape index (κ2) is 11.7. The van der Waals surface area contributed by atoms with Crippen LogP contribution in [0.1, 0.15) is 83.1 Å². The van der Waals surface area contributed by atoms with Gasteiger partial charge in [-0.3, -0.25) is 18.2 Å². The molecule has 1 heteroatoms. The Morgan fingerprint density at radius 1 is 0.429 bits per heavy atom. The van der Waals surface area contributed by atoms with Gasteiger partial charge in [0.05, 0.1) is 0 Å². The quantitative estimate of drug-likeness (QED) is 0.293. The molecule has 3 unspecified atom stereocenters. The van der Waals surface area contributed by atoms with Gasteiger partial charge in [0, 0.05) is 0 Å². The van der Waals surface area contributed by atoms with Gasteiger partial charge < -0.3 is 0 Å². The second-order valence-electron chi connectivity index (χ2n) is 8.40. The van der Waals surface area contributed by atoms with Gasteiger partial charge in [-0.15, -0.1) is 20.8 Å². The van der Waals surface area contributed by atoms with E-state index in [1.165, 1.54) is 50.2 Å². The third kappa shape index (κ3) is 6.86. The summed E-state index contributed by atoms with van der Waals surface area (Å²) in [5.74, 6) is 1.68. The molecule has 3 atom stereocenters. The van der Waals surface area contributed by atoms with E-state index in [4.69, 9.17) is 0 Å². The van der Waals surface area contributed by atoms with Crippen LogP contribution in [0.5, 0.6) is 0 Å². The van der Waals surface area contributed by atoms with E-state index in [1.807, 2.05) is 0 Å². The minimum atomic E-state index is 0. The van der Waals surface area contributed by atoms with Crippen molar-refractivity contribution in [2.24, 2.45) is 17.8 Å². The van der Waals surface area contributed by atoms with Gasteiger partial charge in [-0.1, -0.05) is 80.1 Å². The first-order valence-electron chi connectivity index (χ1n) is 10.2. The standard InChI is InChI=1S/3C9H13.La/c3*1-6-5-7(2)9(4)8(6)3;/h3*6H,1-4H3;/q3*-1;+3.